The number of hydrogen-bond acceptors (Lipinski definition) is 5. The Balaban J connectivity index is 2.34. The molecule has 7 heteroatoms. The van der Waals surface area contributed by atoms with Gasteiger partial charge in [0.1, 0.15) is 6.26 Å². The molecule has 0 aliphatic rings. The molecule has 0 unspecified atom stereocenters. The fraction of sp³-hybridized carbons (Fsp3) is 0.500. The zero-order valence-corrected chi connectivity index (χ0v) is 10.9. The van der Waals surface area contributed by atoms with Crippen molar-refractivity contribution in [2.24, 2.45) is 5.41 Å². The highest BCUT2D eigenvalue weighted by Crippen LogP contribution is 2.30. The van der Waals surface area contributed by atoms with Gasteiger partial charge in [0.15, 0.2) is 5.82 Å². The van der Waals surface area contributed by atoms with E-state index in [4.69, 9.17) is 4.42 Å². The van der Waals surface area contributed by atoms with Gasteiger partial charge in [0, 0.05) is 0 Å². The van der Waals surface area contributed by atoms with Crippen molar-refractivity contribution in [1.29, 1.82) is 0 Å². The molecule has 0 saturated carbocycles. The molecule has 0 saturated heterocycles. The first-order chi connectivity index (χ1) is 9.13. The van der Waals surface area contributed by atoms with Gasteiger partial charge in [-0.05, 0) is 29.3 Å². The fourth-order valence-corrected chi connectivity index (χ4v) is 2.04. The summed E-state index contributed by atoms with van der Waals surface area (Å²) in [6.07, 6.45) is 4.09. The third-order valence-electron chi connectivity index (χ3n) is 3.57. The number of nitrogens with zero attached hydrogens (tertiary/aromatic N) is 4. The summed E-state index contributed by atoms with van der Waals surface area (Å²) in [7, 11) is 0. The highest BCUT2D eigenvalue weighted by atomic mass is 16.4. The molecule has 2 rings (SSSR count). The summed E-state index contributed by atoms with van der Waals surface area (Å²) in [5, 5.41) is 20.9. The zero-order chi connectivity index (χ0) is 13.9. The van der Waals surface area contributed by atoms with Crippen LogP contribution in [0.3, 0.4) is 0 Å². The van der Waals surface area contributed by atoms with Gasteiger partial charge in [-0.25, -0.2) is 4.68 Å². The molecule has 0 atom stereocenters. The molecule has 2 aromatic rings. The number of carbonyl (C=O) groups is 1. The van der Waals surface area contributed by atoms with Gasteiger partial charge in [0.25, 0.3) is 0 Å². The van der Waals surface area contributed by atoms with Crippen molar-refractivity contribution in [2.45, 2.75) is 33.2 Å². The first-order valence-corrected chi connectivity index (χ1v) is 6.15. The zero-order valence-electron chi connectivity index (χ0n) is 10.9. The van der Waals surface area contributed by atoms with Gasteiger partial charge in [-0.2, -0.15) is 0 Å². The second kappa shape index (κ2) is 5.21. The molecule has 102 valence electrons. The quantitative estimate of drug-likeness (QED) is 0.855. The third kappa shape index (κ3) is 2.35. The standard InChI is InChI=1S/C12H16N4O3/c1-3-12(4-2,11(17)18)8-16-10(13-14-15-16)9-5-6-19-7-9/h5-7H,3-4,8H2,1-2H3,(H,17,18). The van der Waals surface area contributed by atoms with Gasteiger partial charge in [0.2, 0.25) is 0 Å². The molecule has 0 bridgehead atoms. The number of aromatic nitrogens is 4. The minimum atomic E-state index is -0.853. The lowest BCUT2D eigenvalue weighted by molar-refractivity contribution is -0.150. The Morgan fingerprint density at radius 3 is 2.74 bits per heavy atom. The minimum absolute atomic E-state index is 0.239. The maximum Gasteiger partial charge on any atom is 0.311 e. The number of furan rings is 1. The Hall–Kier alpha value is -2.18. The fourth-order valence-electron chi connectivity index (χ4n) is 2.04. The highest BCUT2D eigenvalue weighted by Gasteiger charge is 2.36. The van der Waals surface area contributed by atoms with E-state index in [1.54, 1.807) is 6.07 Å². The van der Waals surface area contributed by atoms with E-state index in [0.717, 1.165) is 5.56 Å². The topological polar surface area (TPSA) is 94.0 Å². The van der Waals surface area contributed by atoms with Crippen molar-refractivity contribution in [3.63, 3.8) is 0 Å². The molecule has 0 fully saturated rings. The lowest BCUT2D eigenvalue weighted by Gasteiger charge is -2.26. The van der Waals surface area contributed by atoms with Crippen molar-refractivity contribution in [1.82, 2.24) is 20.2 Å². The van der Waals surface area contributed by atoms with Crippen LogP contribution in [0.1, 0.15) is 26.7 Å². The Bertz CT molecular complexity index is 543. The van der Waals surface area contributed by atoms with Crippen LogP contribution in [0, 0.1) is 5.41 Å². The van der Waals surface area contributed by atoms with Crippen LogP contribution in [0.4, 0.5) is 0 Å². The van der Waals surface area contributed by atoms with E-state index in [9.17, 15) is 9.90 Å². The van der Waals surface area contributed by atoms with Crippen LogP contribution >= 0.6 is 0 Å². The van der Waals surface area contributed by atoms with Crippen LogP contribution in [0.15, 0.2) is 23.0 Å². The average Bonchev–Trinajstić information content (AvgIpc) is 3.06. The van der Waals surface area contributed by atoms with Crippen LogP contribution in [0.25, 0.3) is 11.4 Å². The molecule has 0 aliphatic carbocycles. The van der Waals surface area contributed by atoms with E-state index in [1.165, 1.54) is 17.2 Å². The summed E-state index contributed by atoms with van der Waals surface area (Å²) >= 11 is 0. The van der Waals surface area contributed by atoms with Crippen LogP contribution in [0.5, 0.6) is 0 Å². The average molecular weight is 264 g/mol. The monoisotopic (exact) mass is 264 g/mol. The molecular formula is C12H16N4O3. The summed E-state index contributed by atoms with van der Waals surface area (Å²) in [6.45, 7) is 3.96. The third-order valence-corrected chi connectivity index (χ3v) is 3.57. The molecule has 1 N–H and O–H groups in total. The summed E-state index contributed by atoms with van der Waals surface area (Å²) in [5.74, 6) is -0.313. The van der Waals surface area contributed by atoms with E-state index in [-0.39, 0.29) is 6.54 Å². The summed E-state index contributed by atoms with van der Waals surface area (Å²) in [5.41, 5.74) is -0.120. The lowest BCUT2D eigenvalue weighted by Crippen LogP contribution is -2.35. The van der Waals surface area contributed by atoms with Crippen LogP contribution in [-0.4, -0.2) is 31.3 Å². The largest absolute Gasteiger partial charge is 0.481 e. The summed E-state index contributed by atoms with van der Waals surface area (Å²) < 4.78 is 6.52. The number of carboxylic acid groups (broad SMARTS) is 1. The first kappa shape index (κ1) is 13.3. The predicted octanol–water partition coefficient (Wildman–Crippen LogP) is 1.82. The van der Waals surface area contributed by atoms with Crippen molar-refractivity contribution in [2.75, 3.05) is 0 Å². The maximum absolute atomic E-state index is 11.5. The SMILES string of the molecule is CCC(CC)(Cn1nnnc1-c1ccoc1)C(=O)O. The van der Waals surface area contributed by atoms with Crippen LogP contribution in [-0.2, 0) is 11.3 Å². The van der Waals surface area contributed by atoms with E-state index in [1.807, 2.05) is 13.8 Å². The molecule has 0 spiro atoms. The highest BCUT2D eigenvalue weighted by molar-refractivity contribution is 5.74. The molecule has 2 heterocycles. The van der Waals surface area contributed by atoms with Gasteiger partial charge < -0.3 is 9.52 Å². The predicted molar refractivity (Wildman–Crippen MR) is 66.2 cm³/mol. The second-order valence-corrected chi connectivity index (χ2v) is 4.46. The number of tetrazole rings is 1. The van der Waals surface area contributed by atoms with E-state index < -0.39 is 11.4 Å². The normalized spacial score (nSPS) is 11.7. The van der Waals surface area contributed by atoms with Crippen molar-refractivity contribution < 1.29 is 14.3 Å². The Kier molecular flexibility index (Phi) is 3.64. The molecule has 0 aromatic carbocycles. The second-order valence-electron chi connectivity index (χ2n) is 4.46. The summed E-state index contributed by atoms with van der Waals surface area (Å²) in [4.78, 5) is 11.5. The molecule has 19 heavy (non-hydrogen) atoms. The molecule has 0 radical (unpaired) electrons. The van der Waals surface area contributed by atoms with Gasteiger partial charge in [-0.15, -0.1) is 5.10 Å². The molecule has 2 aromatic heterocycles. The van der Waals surface area contributed by atoms with Crippen LogP contribution in [0.2, 0.25) is 0 Å². The Morgan fingerprint density at radius 1 is 1.47 bits per heavy atom. The van der Waals surface area contributed by atoms with E-state index >= 15 is 0 Å². The Labute approximate surface area is 110 Å². The van der Waals surface area contributed by atoms with Gasteiger partial charge in [-0.3, -0.25) is 4.79 Å². The van der Waals surface area contributed by atoms with Gasteiger partial charge >= 0.3 is 5.97 Å². The van der Waals surface area contributed by atoms with Gasteiger partial charge in [-0.1, -0.05) is 13.8 Å². The number of aliphatic carboxylic acids is 1. The maximum atomic E-state index is 11.5. The number of carboxylic acids is 1. The molecular weight excluding hydrogens is 248 g/mol. The van der Waals surface area contributed by atoms with Crippen molar-refractivity contribution >= 4 is 5.97 Å². The summed E-state index contributed by atoms with van der Waals surface area (Å²) in [6, 6.07) is 1.74. The molecule has 0 aliphatic heterocycles. The van der Waals surface area contributed by atoms with Crippen molar-refractivity contribution in [3.8, 4) is 11.4 Å². The first-order valence-electron chi connectivity index (χ1n) is 6.15. The number of rotatable bonds is 6. The van der Waals surface area contributed by atoms with Gasteiger partial charge in [0.05, 0.1) is 23.8 Å². The smallest absolute Gasteiger partial charge is 0.311 e. The minimum Gasteiger partial charge on any atom is -0.481 e. The lowest BCUT2D eigenvalue weighted by atomic mass is 9.82. The van der Waals surface area contributed by atoms with Crippen LogP contribution < -0.4 is 0 Å². The van der Waals surface area contributed by atoms with E-state index in [2.05, 4.69) is 15.5 Å². The molecule has 7 nitrogen and oxygen atoms in total. The van der Waals surface area contributed by atoms with Crippen molar-refractivity contribution in [3.05, 3.63) is 18.6 Å². The molecule has 0 amide bonds. The number of hydrogen-bond donors (Lipinski definition) is 1. The van der Waals surface area contributed by atoms with E-state index in [0.29, 0.717) is 18.7 Å². The Morgan fingerprint density at radius 2 is 2.21 bits per heavy atom.